The Morgan fingerprint density at radius 1 is 1.12 bits per heavy atom. The number of hydrogen-bond acceptors (Lipinski definition) is 4. The molecule has 0 bridgehead atoms. The average molecular weight is 339 g/mol. The number of nitrogens with zero attached hydrogens (tertiary/aromatic N) is 3. The maximum atomic E-state index is 12.8. The van der Waals surface area contributed by atoms with Gasteiger partial charge in [0.1, 0.15) is 11.9 Å². The van der Waals surface area contributed by atoms with Crippen molar-refractivity contribution in [1.29, 1.82) is 0 Å². The van der Waals surface area contributed by atoms with E-state index in [-0.39, 0.29) is 12.0 Å². The van der Waals surface area contributed by atoms with E-state index in [1.165, 1.54) is 5.56 Å². The number of aryl methyl sites for hydroxylation is 4. The second-order valence-electron chi connectivity index (χ2n) is 6.83. The Hall–Kier alpha value is -2.43. The third-order valence-electron chi connectivity index (χ3n) is 4.65. The lowest BCUT2D eigenvalue weighted by Crippen LogP contribution is -2.44. The number of likely N-dealkylation sites (tertiary alicyclic amines) is 1. The lowest BCUT2D eigenvalue weighted by molar-refractivity contribution is 0.0526. The third-order valence-corrected chi connectivity index (χ3v) is 4.65. The molecule has 1 aliphatic rings. The van der Waals surface area contributed by atoms with E-state index < -0.39 is 0 Å². The molecule has 5 nitrogen and oxygen atoms in total. The van der Waals surface area contributed by atoms with Crippen molar-refractivity contribution in [1.82, 2.24) is 14.9 Å². The number of amides is 1. The Kier molecular flexibility index (Phi) is 5.02. The molecule has 0 saturated carbocycles. The van der Waals surface area contributed by atoms with Gasteiger partial charge >= 0.3 is 0 Å². The van der Waals surface area contributed by atoms with Gasteiger partial charge in [-0.15, -0.1) is 0 Å². The first-order valence-electron chi connectivity index (χ1n) is 8.78. The van der Waals surface area contributed by atoms with Gasteiger partial charge < -0.3 is 9.64 Å². The summed E-state index contributed by atoms with van der Waals surface area (Å²) < 4.78 is 6.03. The van der Waals surface area contributed by atoms with Crippen molar-refractivity contribution in [3.05, 3.63) is 52.5 Å². The topological polar surface area (TPSA) is 55.3 Å². The van der Waals surface area contributed by atoms with Crippen LogP contribution in [-0.2, 0) is 0 Å². The van der Waals surface area contributed by atoms with E-state index in [0.29, 0.717) is 18.2 Å². The number of piperidine rings is 1. The molecular formula is C20H25N3O2. The molecule has 132 valence electrons. The monoisotopic (exact) mass is 339 g/mol. The van der Waals surface area contributed by atoms with Crippen LogP contribution in [0.3, 0.4) is 0 Å². The standard InChI is InChI=1S/C20H25N3O2/c1-13-7-8-17(10-14(13)2)20(24)23-9-5-6-18(12-23)25-19-11-15(3)21-16(4)22-19/h7-8,10-11,18H,5-6,9,12H2,1-4H3. The fourth-order valence-corrected chi connectivity index (χ4v) is 3.19. The zero-order valence-electron chi connectivity index (χ0n) is 15.4. The summed E-state index contributed by atoms with van der Waals surface area (Å²) in [6, 6.07) is 7.73. The summed E-state index contributed by atoms with van der Waals surface area (Å²) in [5, 5.41) is 0. The van der Waals surface area contributed by atoms with Crippen LogP contribution in [0, 0.1) is 27.7 Å². The molecule has 5 heteroatoms. The summed E-state index contributed by atoms with van der Waals surface area (Å²) in [7, 11) is 0. The van der Waals surface area contributed by atoms with Crippen LogP contribution < -0.4 is 4.74 Å². The lowest BCUT2D eigenvalue weighted by Gasteiger charge is -2.32. The summed E-state index contributed by atoms with van der Waals surface area (Å²) >= 11 is 0. The minimum absolute atomic E-state index is 0.0297. The van der Waals surface area contributed by atoms with Crippen molar-refractivity contribution in [2.24, 2.45) is 0 Å². The van der Waals surface area contributed by atoms with Gasteiger partial charge in [0.05, 0.1) is 6.54 Å². The highest BCUT2D eigenvalue weighted by molar-refractivity contribution is 5.94. The molecule has 2 aromatic rings. The molecule has 1 atom stereocenters. The van der Waals surface area contributed by atoms with Gasteiger partial charge in [-0.1, -0.05) is 6.07 Å². The molecule has 0 spiro atoms. The quantitative estimate of drug-likeness (QED) is 0.860. The Labute approximate surface area is 149 Å². The van der Waals surface area contributed by atoms with Gasteiger partial charge in [0.15, 0.2) is 0 Å². The Bertz CT molecular complexity index is 768. The molecule has 1 saturated heterocycles. The van der Waals surface area contributed by atoms with Gasteiger partial charge in [0.2, 0.25) is 5.88 Å². The third kappa shape index (κ3) is 4.16. The molecule has 1 unspecified atom stereocenters. The van der Waals surface area contributed by atoms with Crippen LogP contribution in [0.25, 0.3) is 0 Å². The zero-order valence-corrected chi connectivity index (χ0v) is 15.4. The number of hydrogen-bond donors (Lipinski definition) is 0. The molecule has 1 amide bonds. The van der Waals surface area contributed by atoms with E-state index in [9.17, 15) is 4.79 Å². The molecular weight excluding hydrogens is 314 g/mol. The smallest absolute Gasteiger partial charge is 0.253 e. The molecule has 1 aromatic carbocycles. The van der Waals surface area contributed by atoms with Crippen molar-refractivity contribution in [3.8, 4) is 5.88 Å². The Balaban J connectivity index is 1.69. The first-order chi connectivity index (χ1) is 11.9. The van der Waals surface area contributed by atoms with E-state index in [0.717, 1.165) is 36.2 Å². The maximum absolute atomic E-state index is 12.8. The van der Waals surface area contributed by atoms with Crippen LogP contribution in [-0.4, -0.2) is 40.0 Å². The second kappa shape index (κ2) is 7.21. The van der Waals surface area contributed by atoms with Crippen LogP contribution in [0.1, 0.15) is 45.8 Å². The first-order valence-corrected chi connectivity index (χ1v) is 8.78. The lowest BCUT2D eigenvalue weighted by atomic mass is 10.0. The Morgan fingerprint density at radius 2 is 1.92 bits per heavy atom. The van der Waals surface area contributed by atoms with Gasteiger partial charge in [0, 0.05) is 23.9 Å². The van der Waals surface area contributed by atoms with Gasteiger partial charge in [-0.2, -0.15) is 4.98 Å². The van der Waals surface area contributed by atoms with Gasteiger partial charge in [-0.05, 0) is 63.8 Å². The first kappa shape index (κ1) is 17.4. The molecule has 1 aromatic heterocycles. The van der Waals surface area contributed by atoms with Crippen LogP contribution in [0.2, 0.25) is 0 Å². The van der Waals surface area contributed by atoms with E-state index >= 15 is 0 Å². The number of carbonyl (C=O) groups is 1. The molecule has 0 N–H and O–H groups in total. The number of ether oxygens (including phenoxy) is 1. The highest BCUT2D eigenvalue weighted by Crippen LogP contribution is 2.20. The fraction of sp³-hybridized carbons (Fsp3) is 0.450. The molecule has 3 rings (SSSR count). The summed E-state index contributed by atoms with van der Waals surface area (Å²) in [5.74, 6) is 1.37. The summed E-state index contributed by atoms with van der Waals surface area (Å²) in [6.45, 7) is 9.24. The van der Waals surface area contributed by atoms with Crippen molar-refractivity contribution in [2.45, 2.75) is 46.6 Å². The van der Waals surface area contributed by atoms with E-state index in [1.54, 1.807) is 0 Å². The number of aromatic nitrogens is 2. The fourth-order valence-electron chi connectivity index (χ4n) is 3.19. The molecule has 0 radical (unpaired) electrons. The van der Waals surface area contributed by atoms with Crippen molar-refractivity contribution in [3.63, 3.8) is 0 Å². The van der Waals surface area contributed by atoms with Gasteiger partial charge in [0.25, 0.3) is 5.91 Å². The van der Waals surface area contributed by atoms with Crippen molar-refractivity contribution in [2.75, 3.05) is 13.1 Å². The van der Waals surface area contributed by atoms with E-state index in [2.05, 4.69) is 16.9 Å². The van der Waals surface area contributed by atoms with Crippen LogP contribution in [0.4, 0.5) is 0 Å². The SMILES string of the molecule is Cc1cc(OC2CCCN(C(=O)c3ccc(C)c(C)c3)C2)nc(C)n1. The van der Waals surface area contributed by atoms with Crippen LogP contribution in [0.15, 0.2) is 24.3 Å². The predicted octanol–water partition coefficient (Wildman–Crippen LogP) is 3.39. The van der Waals surface area contributed by atoms with Gasteiger partial charge in [-0.25, -0.2) is 4.98 Å². The number of carbonyl (C=O) groups excluding carboxylic acids is 1. The zero-order chi connectivity index (χ0) is 18.0. The van der Waals surface area contributed by atoms with Crippen molar-refractivity contribution < 1.29 is 9.53 Å². The van der Waals surface area contributed by atoms with E-state index in [4.69, 9.17) is 4.74 Å². The normalized spacial score (nSPS) is 17.4. The highest BCUT2D eigenvalue weighted by atomic mass is 16.5. The van der Waals surface area contributed by atoms with E-state index in [1.807, 2.05) is 49.9 Å². The minimum atomic E-state index is -0.0297. The number of rotatable bonds is 3. The molecule has 25 heavy (non-hydrogen) atoms. The van der Waals surface area contributed by atoms with Crippen LogP contribution in [0.5, 0.6) is 5.88 Å². The maximum Gasteiger partial charge on any atom is 0.253 e. The highest BCUT2D eigenvalue weighted by Gasteiger charge is 2.26. The molecule has 1 aliphatic heterocycles. The summed E-state index contributed by atoms with van der Waals surface area (Å²) in [4.78, 5) is 23.3. The minimum Gasteiger partial charge on any atom is -0.472 e. The predicted molar refractivity (Wildman–Crippen MR) is 97.0 cm³/mol. The molecule has 1 fully saturated rings. The van der Waals surface area contributed by atoms with Crippen LogP contribution >= 0.6 is 0 Å². The summed E-state index contributed by atoms with van der Waals surface area (Å²) in [6.07, 6.45) is 1.83. The second-order valence-corrected chi connectivity index (χ2v) is 6.83. The van der Waals surface area contributed by atoms with Gasteiger partial charge in [-0.3, -0.25) is 4.79 Å². The number of benzene rings is 1. The average Bonchev–Trinajstić information content (AvgIpc) is 2.56. The summed E-state index contributed by atoms with van der Waals surface area (Å²) in [5.41, 5.74) is 3.98. The molecule has 2 heterocycles. The van der Waals surface area contributed by atoms with Crippen molar-refractivity contribution >= 4 is 5.91 Å². The largest absolute Gasteiger partial charge is 0.472 e. The molecule has 0 aliphatic carbocycles. The Morgan fingerprint density at radius 3 is 2.64 bits per heavy atom.